The molecule has 1 atom stereocenters. The van der Waals surface area contributed by atoms with Gasteiger partial charge in [-0.15, -0.1) is 11.8 Å². The number of carbonyl (C=O) groups excluding carboxylic acids is 2. The number of hydrogen-bond acceptors (Lipinski definition) is 3. The van der Waals surface area contributed by atoms with E-state index in [-0.39, 0.29) is 6.04 Å². The molecule has 0 saturated heterocycles. The number of thioether (sulfide) groups is 1. The highest BCUT2D eigenvalue weighted by Crippen LogP contribution is 2.18. The molecule has 18 heavy (non-hydrogen) atoms. The Labute approximate surface area is 112 Å². The average Bonchev–Trinajstić information content (AvgIpc) is 2.38. The molecule has 0 heterocycles. The minimum Gasteiger partial charge on any atom is -0.345 e. The third kappa shape index (κ3) is 4.41. The minimum atomic E-state index is -0.631. The van der Waals surface area contributed by atoms with Crippen molar-refractivity contribution in [2.45, 2.75) is 31.2 Å². The van der Waals surface area contributed by atoms with Crippen LogP contribution in [-0.2, 0) is 9.59 Å². The number of hydrogen-bond donors (Lipinski definition) is 2. The zero-order valence-electron chi connectivity index (χ0n) is 10.8. The van der Waals surface area contributed by atoms with E-state index in [1.165, 1.54) is 0 Å². The van der Waals surface area contributed by atoms with E-state index in [0.29, 0.717) is 5.69 Å². The first-order valence-electron chi connectivity index (χ1n) is 5.82. The van der Waals surface area contributed by atoms with Crippen molar-refractivity contribution in [1.29, 1.82) is 0 Å². The smallest absolute Gasteiger partial charge is 0.313 e. The maximum atomic E-state index is 11.6. The van der Waals surface area contributed by atoms with Gasteiger partial charge in [0.15, 0.2) is 0 Å². The molecule has 5 heteroatoms. The lowest BCUT2D eigenvalue weighted by atomic mass is 10.2. The van der Waals surface area contributed by atoms with Crippen LogP contribution < -0.4 is 10.6 Å². The van der Waals surface area contributed by atoms with E-state index in [1.54, 1.807) is 17.8 Å². The highest BCUT2D eigenvalue weighted by Gasteiger charge is 2.15. The van der Waals surface area contributed by atoms with Gasteiger partial charge in [0.1, 0.15) is 0 Å². The third-order valence-electron chi connectivity index (χ3n) is 2.52. The fraction of sp³-hybridized carbons (Fsp3) is 0.385. The molecule has 0 aliphatic rings. The molecular formula is C13H18N2O2S. The van der Waals surface area contributed by atoms with Crippen LogP contribution in [0.2, 0.25) is 0 Å². The second-order valence-electron chi connectivity index (χ2n) is 3.97. The summed E-state index contributed by atoms with van der Waals surface area (Å²) >= 11 is 1.58. The molecule has 0 fully saturated rings. The van der Waals surface area contributed by atoms with Crippen LogP contribution in [0.5, 0.6) is 0 Å². The molecule has 0 saturated carbocycles. The largest absolute Gasteiger partial charge is 0.345 e. The second kappa shape index (κ2) is 7.06. The zero-order valence-corrected chi connectivity index (χ0v) is 11.6. The highest BCUT2D eigenvalue weighted by molar-refractivity contribution is 7.98. The lowest BCUT2D eigenvalue weighted by molar-refractivity contribution is -0.136. The van der Waals surface area contributed by atoms with E-state index >= 15 is 0 Å². The molecule has 1 aromatic rings. The highest BCUT2D eigenvalue weighted by atomic mass is 32.2. The van der Waals surface area contributed by atoms with Crippen molar-refractivity contribution in [3.05, 3.63) is 24.3 Å². The van der Waals surface area contributed by atoms with Gasteiger partial charge in [0.2, 0.25) is 0 Å². The van der Waals surface area contributed by atoms with Gasteiger partial charge < -0.3 is 10.6 Å². The van der Waals surface area contributed by atoms with E-state index in [4.69, 9.17) is 0 Å². The lowest BCUT2D eigenvalue weighted by Crippen LogP contribution is -2.40. The lowest BCUT2D eigenvalue weighted by Gasteiger charge is -2.11. The summed E-state index contributed by atoms with van der Waals surface area (Å²) in [6.45, 7) is 3.81. The monoisotopic (exact) mass is 266 g/mol. The number of anilines is 1. The molecule has 0 aliphatic carbocycles. The Morgan fingerprint density at radius 2 is 2.06 bits per heavy atom. The Bertz CT molecular complexity index is 435. The van der Waals surface area contributed by atoms with Crippen LogP contribution in [-0.4, -0.2) is 24.1 Å². The molecule has 1 unspecified atom stereocenters. The number of benzene rings is 1. The molecule has 0 aliphatic heterocycles. The second-order valence-corrected chi connectivity index (χ2v) is 4.85. The topological polar surface area (TPSA) is 58.2 Å². The van der Waals surface area contributed by atoms with Gasteiger partial charge in [0.05, 0.1) is 0 Å². The molecule has 0 aromatic heterocycles. The average molecular weight is 266 g/mol. The van der Waals surface area contributed by atoms with Crippen LogP contribution >= 0.6 is 11.8 Å². The summed E-state index contributed by atoms with van der Waals surface area (Å²) in [5, 5.41) is 5.20. The Kier molecular flexibility index (Phi) is 5.71. The van der Waals surface area contributed by atoms with E-state index in [2.05, 4.69) is 10.6 Å². The summed E-state index contributed by atoms with van der Waals surface area (Å²) in [5.41, 5.74) is 0.631. The van der Waals surface area contributed by atoms with Crippen molar-refractivity contribution in [3.63, 3.8) is 0 Å². The van der Waals surface area contributed by atoms with Crippen LogP contribution in [0.3, 0.4) is 0 Å². The third-order valence-corrected chi connectivity index (χ3v) is 3.25. The van der Waals surface area contributed by atoms with E-state index in [1.807, 2.05) is 38.3 Å². The normalized spacial score (nSPS) is 11.7. The predicted octanol–water partition coefficient (Wildman–Crippen LogP) is 2.26. The summed E-state index contributed by atoms with van der Waals surface area (Å²) in [6.07, 6.45) is 2.75. The molecular weight excluding hydrogens is 248 g/mol. The van der Waals surface area contributed by atoms with E-state index in [0.717, 1.165) is 11.3 Å². The summed E-state index contributed by atoms with van der Waals surface area (Å²) in [6, 6.07) is 7.38. The van der Waals surface area contributed by atoms with E-state index < -0.39 is 11.8 Å². The van der Waals surface area contributed by atoms with Gasteiger partial charge in [-0.3, -0.25) is 9.59 Å². The first-order valence-corrected chi connectivity index (χ1v) is 7.05. The Balaban J connectivity index is 2.60. The predicted molar refractivity (Wildman–Crippen MR) is 74.7 cm³/mol. The Hall–Kier alpha value is -1.49. The molecule has 2 amide bonds. The Morgan fingerprint density at radius 1 is 1.33 bits per heavy atom. The van der Waals surface area contributed by atoms with Crippen molar-refractivity contribution >= 4 is 29.3 Å². The summed E-state index contributed by atoms with van der Waals surface area (Å²) in [4.78, 5) is 24.2. The van der Waals surface area contributed by atoms with Crippen LogP contribution in [0.25, 0.3) is 0 Å². The molecule has 0 bridgehead atoms. The molecule has 0 spiro atoms. The number of rotatable bonds is 4. The Morgan fingerprint density at radius 3 is 2.67 bits per heavy atom. The van der Waals surface area contributed by atoms with Crippen molar-refractivity contribution in [3.8, 4) is 0 Å². The van der Waals surface area contributed by atoms with Crippen molar-refractivity contribution in [1.82, 2.24) is 5.32 Å². The maximum absolute atomic E-state index is 11.6. The molecule has 1 aromatic carbocycles. The number of carbonyl (C=O) groups is 2. The standard InChI is InChI=1S/C13H18N2O2S/c1-4-9(2)14-12(16)13(17)15-10-6-5-7-11(8-10)18-3/h5-9H,4H2,1-3H3,(H,14,16)(H,15,17). The molecule has 1 rings (SSSR count). The van der Waals surface area contributed by atoms with Gasteiger partial charge in [-0.05, 0) is 37.8 Å². The van der Waals surface area contributed by atoms with Gasteiger partial charge in [-0.1, -0.05) is 13.0 Å². The summed E-state index contributed by atoms with van der Waals surface area (Å²) in [5.74, 6) is -1.23. The van der Waals surface area contributed by atoms with Gasteiger partial charge in [0, 0.05) is 16.6 Å². The quantitative estimate of drug-likeness (QED) is 0.649. The van der Waals surface area contributed by atoms with Gasteiger partial charge in [-0.2, -0.15) is 0 Å². The first kappa shape index (κ1) is 14.6. The number of nitrogens with one attached hydrogen (secondary N) is 2. The van der Waals surface area contributed by atoms with Crippen molar-refractivity contribution < 1.29 is 9.59 Å². The van der Waals surface area contributed by atoms with Gasteiger partial charge >= 0.3 is 11.8 Å². The van der Waals surface area contributed by atoms with Crippen molar-refractivity contribution in [2.24, 2.45) is 0 Å². The molecule has 98 valence electrons. The molecule has 2 N–H and O–H groups in total. The summed E-state index contributed by atoms with van der Waals surface area (Å²) < 4.78 is 0. The first-order chi connectivity index (χ1) is 8.56. The van der Waals surface area contributed by atoms with Gasteiger partial charge in [-0.25, -0.2) is 0 Å². The van der Waals surface area contributed by atoms with Crippen LogP contribution in [0.1, 0.15) is 20.3 Å². The minimum absolute atomic E-state index is 0.000724. The SMILES string of the molecule is CCC(C)NC(=O)C(=O)Nc1cccc(SC)c1. The fourth-order valence-electron chi connectivity index (χ4n) is 1.28. The van der Waals surface area contributed by atoms with E-state index in [9.17, 15) is 9.59 Å². The van der Waals surface area contributed by atoms with Crippen molar-refractivity contribution in [2.75, 3.05) is 11.6 Å². The van der Waals surface area contributed by atoms with Crippen LogP contribution in [0.4, 0.5) is 5.69 Å². The molecule has 4 nitrogen and oxygen atoms in total. The van der Waals surface area contributed by atoms with Gasteiger partial charge in [0.25, 0.3) is 0 Å². The van der Waals surface area contributed by atoms with Crippen LogP contribution in [0.15, 0.2) is 29.2 Å². The maximum Gasteiger partial charge on any atom is 0.313 e. The number of amides is 2. The summed E-state index contributed by atoms with van der Waals surface area (Å²) in [7, 11) is 0. The zero-order chi connectivity index (χ0) is 13.5. The fourth-order valence-corrected chi connectivity index (χ4v) is 1.74. The molecule has 0 radical (unpaired) electrons. The van der Waals surface area contributed by atoms with Crippen LogP contribution in [0, 0.1) is 0 Å².